The lowest BCUT2D eigenvalue weighted by molar-refractivity contribution is 0.581. The smallest absolute Gasteiger partial charge is 0.240 e. The maximum Gasteiger partial charge on any atom is 0.240 e. The van der Waals surface area contributed by atoms with Crippen LogP contribution in [0.15, 0.2) is 72.0 Å². The maximum absolute atomic E-state index is 12.4. The van der Waals surface area contributed by atoms with Crippen molar-refractivity contribution >= 4 is 21.6 Å². The van der Waals surface area contributed by atoms with E-state index in [1.54, 1.807) is 36.8 Å². The van der Waals surface area contributed by atoms with Gasteiger partial charge in [-0.1, -0.05) is 17.7 Å². The van der Waals surface area contributed by atoms with Gasteiger partial charge in [0.05, 0.1) is 10.6 Å². The van der Waals surface area contributed by atoms with E-state index in [9.17, 15) is 8.42 Å². The third-order valence-corrected chi connectivity index (χ3v) is 5.07. The van der Waals surface area contributed by atoms with Gasteiger partial charge in [0.15, 0.2) is 0 Å². The molecule has 0 unspecified atom stereocenters. The van der Waals surface area contributed by atoms with Crippen LogP contribution in [0.3, 0.4) is 0 Å². The minimum absolute atomic E-state index is 0.128. The van der Waals surface area contributed by atoms with Gasteiger partial charge in [0.25, 0.3) is 0 Å². The molecule has 3 aromatic rings. The van der Waals surface area contributed by atoms with Crippen molar-refractivity contribution in [2.75, 3.05) is 0 Å². The Kier molecular flexibility index (Phi) is 4.89. The van der Waals surface area contributed by atoms with Crippen LogP contribution >= 0.6 is 11.6 Å². The van der Waals surface area contributed by atoms with Crippen molar-refractivity contribution in [3.8, 4) is 11.3 Å². The number of hydrogen-bond donors (Lipinski definition) is 1. The number of rotatable bonds is 5. The molecule has 2 aromatic heterocycles. The molecule has 24 heavy (non-hydrogen) atoms. The minimum atomic E-state index is -3.63. The average Bonchev–Trinajstić information content (AvgIpc) is 2.61. The van der Waals surface area contributed by atoms with Crippen LogP contribution in [0.2, 0.25) is 5.02 Å². The van der Waals surface area contributed by atoms with E-state index in [4.69, 9.17) is 11.6 Å². The van der Waals surface area contributed by atoms with E-state index in [1.807, 2.05) is 18.2 Å². The molecule has 122 valence electrons. The van der Waals surface area contributed by atoms with Crippen molar-refractivity contribution in [1.82, 2.24) is 14.7 Å². The molecule has 1 N–H and O–H groups in total. The van der Waals surface area contributed by atoms with Gasteiger partial charge in [-0.15, -0.1) is 0 Å². The standard InChI is InChI=1S/C17H14ClN3O2S/c18-15-5-7-16(8-6-15)24(22,23)21-12-14-4-2-10-20-17(14)13-3-1-9-19-11-13/h1-11,21H,12H2. The first-order chi connectivity index (χ1) is 11.6. The van der Waals surface area contributed by atoms with Gasteiger partial charge < -0.3 is 0 Å². The van der Waals surface area contributed by atoms with Crippen LogP contribution in [0.1, 0.15) is 5.56 Å². The zero-order chi connectivity index (χ0) is 17.0. The van der Waals surface area contributed by atoms with Crippen molar-refractivity contribution < 1.29 is 8.42 Å². The molecule has 0 bridgehead atoms. The van der Waals surface area contributed by atoms with E-state index < -0.39 is 10.0 Å². The molecule has 2 heterocycles. The normalized spacial score (nSPS) is 11.4. The Morgan fingerprint density at radius 2 is 1.75 bits per heavy atom. The Labute approximate surface area is 145 Å². The first kappa shape index (κ1) is 16.6. The van der Waals surface area contributed by atoms with E-state index in [-0.39, 0.29) is 11.4 Å². The van der Waals surface area contributed by atoms with Crippen molar-refractivity contribution in [1.29, 1.82) is 0 Å². The van der Waals surface area contributed by atoms with Crippen LogP contribution in [-0.2, 0) is 16.6 Å². The van der Waals surface area contributed by atoms with E-state index in [1.165, 1.54) is 12.1 Å². The van der Waals surface area contributed by atoms with E-state index in [0.717, 1.165) is 11.1 Å². The number of nitrogens with one attached hydrogen (secondary N) is 1. The molecule has 5 nitrogen and oxygen atoms in total. The fraction of sp³-hybridized carbons (Fsp3) is 0.0588. The third-order valence-electron chi connectivity index (χ3n) is 3.40. The molecule has 0 spiro atoms. The van der Waals surface area contributed by atoms with E-state index >= 15 is 0 Å². The van der Waals surface area contributed by atoms with Gasteiger partial charge in [-0.05, 0) is 48.0 Å². The number of halogens is 1. The van der Waals surface area contributed by atoms with Crippen LogP contribution in [0.5, 0.6) is 0 Å². The summed E-state index contributed by atoms with van der Waals surface area (Å²) in [5, 5.41) is 0.486. The van der Waals surface area contributed by atoms with Gasteiger partial charge in [-0.3, -0.25) is 9.97 Å². The SMILES string of the molecule is O=S(=O)(NCc1cccnc1-c1cccnc1)c1ccc(Cl)cc1. The highest BCUT2D eigenvalue weighted by molar-refractivity contribution is 7.89. The number of benzene rings is 1. The Morgan fingerprint density at radius 1 is 1.00 bits per heavy atom. The quantitative estimate of drug-likeness (QED) is 0.758. The lowest BCUT2D eigenvalue weighted by atomic mass is 10.1. The van der Waals surface area contributed by atoms with E-state index in [0.29, 0.717) is 10.7 Å². The summed E-state index contributed by atoms with van der Waals surface area (Å²) >= 11 is 5.79. The number of nitrogens with zero attached hydrogens (tertiary/aromatic N) is 2. The Balaban J connectivity index is 1.84. The zero-order valence-electron chi connectivity index (χ0n) is 12.6. The first-order valence-electron chi connectivity index (χ1n) is 7.16. The summed E-state index contributed by atoms with van der Waals surface area (Å²) in [6.45, 7) is 0.128. The summed E-state index contributed by atoms with van der Waals surface area (Å²) in [6, 6.07) is 13.3. The average molecular weight is 360 g/mol. The summed E-state index contributed by atoms with van der Waals surface area (Å²) in [6.07, 6.45) is 5.04. The molecular weight excluding hydrogens is 346 g/mol. The summed E-state index contributed by atoms with van der Waals surface area (Å²) in [7, 11) is -3.63. The van der Waals surface area contributed by atoms with Gasteiger partial charge in [-0.25, -0.2) is 13.1 Å². The molecule has 3 rings (SSSR count). The highest BCUT2D eigenvalue weighted by Crippen LogP contribution is 2.21. The number of sulfonamides is 1. The molecule has 0 atom stereocenters. The first-order valence-corrected chi connectivity index (χ1v) is 9.02. The number of aromatic nitrogens is 2. The van der Waals surface area contributed by atoms with Crippen molar-refractivity contribution in [2.24, 2.45) is 0 Å². The van der Waals surface area contributed by atoms with Crippen molar-refractivity contribution in [3.05, 3.63) is 77.7 Å². The zero-order valence-corrected chi connectivity index (χ0v) is 14.1. The van der Waals surface area contributed by atoms with Crippen molar-refractivity contribution in [3.63, 3.8) is 0 Å². The molecule has 0 aliphatic carbocycles. The predicted molar refractivity (Wildman–Crippen MR) is 92.9 cm³/mol. The highest BCUT2D eigenvalue weighted by Gasteiger charge is 2.15. The van der Waals surface area contributed by atoms with E-state index in [2.05, 4.69) is 14.7 Å². The Bertz CT molecular complexity index is 930. The molecule has 7 heteroatoms. The van der Waals surface area contributed by atoms with Crippen LogP contribution in [-0.4, -0.2) is 18.4 Å². The molecule has 0 amide bonds. The minimum Gasteiger partial charge on any atom is -0.264 e. The second kappa shape index (κ2) is 7.09. The van der Waals surface area contributed by atoms with Gasteiger partial charge in [0.2, 0.25) is 10.0 Å². The summed E-state index contributed by atoms with van der Waals surface area (Å²) in [5.74, 6) is 0. The highest BCUT2D eigenvalue weighted by atomic mass is 35.5. The van der Waals surface area contributed by atoms with Crippen LogP contribution < -0.4 is 4.72 Å². The molecule has 0 radical (unpaired) electrons. The Morgan fingerprint density at radius 3 is 2.46 bits per heavy atom. The summed E-state index contributed by atoms with van der Waals surface area (Å²) in [5.41, 5.74) is 2.30. The second-order valence-corrected chi connectivity index (χ2v) is 7.23. The Hall–Kier alpha value is -2.28. The molecule has 0 fully saturated rings. The van der Waals surface area contributed by atoms with Gasteiger partial charge in [0, 0.05) is 35.7 Å². The molecule has 0 aliphatic heterocycles. The van der Waals surface area contributed by atoms with Crippen molar-refractivity contribution in [2.45, 2.75) is 11.4 Å². The fourth-order valence-electron chi connectivity index (χ4n) is 2.21. The van der Waals surface area contributed by atoms with Crippen LogP contribution in [0, 0.1) is 0 Å². The molecule has 1 aromatic carbocycles. The maximum atomic E-state index is 12.4. The largest absolute Gasteiger partial charge is 0.264 e. The monoisotopic (exact) mass is 359 g/mol. The lowest BCUT2D eigenvalue weighted by Gasteiger charge is -2.10. The molecule has 0 aliphatic rings. The van der Waals surface area contributed by atoms with Crippen LogP contribution in [0.4, 0.5) is 0 Å². The third kappa shape index (κ3) is 3.79. The molecular formula is C17H14ClN3O2S. The topological polar surface area (TPSA) is 72.0 Å². The lowest BCUT2D eigenvalue weighted by Crippen LogP contribution is -2.23. The molecule has 0 saturated heterocycles. The summed E-state index contributed by atoms with van der Waals surface area (Å²) < 4.78 is 27.3. The van der Waals surface area contributed by atoms with Gasteiger partial charge in [-0.2, -0.15) is 0 Å². The predicted octanol–water partition coefficient (Wildman–Crippen LogP) is 3.28. The van der Waals surface area contributed by atoms with Crippen LogP contribution in [0.25, 0.3) is 11.3 Å². The van der Waals surface area contributed by atoms with Gasteiger partial charge in [0.1, 0.15) is 0 Å². The van der Waals surface area contributed by atoms with Gasteiger partial charge >= 0.3 is 0 Å². The second-order valence-electron chi connectivity index (χ2n) is 5.03. The number of hydrogen-bond acceptors (Lipinski definition) is 4. The number of pyridine rings is 2. The molecule has 0 saturated carbocycles. The fourth-order valence-corrected chi connectivity index (χ4v) is 3.35. The summed E-state index contributed by atoms with van der Waals surface area (Å²) in [4.78, 5) is 8.58.